The van der Waals surface area contributed by atoms with E-state index in [0.717, 1.165) is 5.56 Å². The van der Waals surface area contributed by atoms with Gasteiger partial charge in [0, 0.05) is 12.7 Å². The van der Waals surface area contributed by atoms with Crippen molar-refractivity contribution in [3.05, 3.63) is 84.5 Å². The smallest absolute Gasteiger partial charge is 0.338 e. The summed E-state index contributed by atoms with van der Waals surface area (Å²) in [7, 11) is 3.08. The topological polar surface area (TPSA) is 97.6 Å². The Morgan fingerprint density at radius 2 is 1.97 bits per heavy atom. The van der Waals surface area contributed by atoms with Crippen LogP contribution in [0.1, 0.15) is 24.1 Å². The molecular weight excluding hydrogens is 484 g/mol. The first-order valence-electron chi connectivity index (χ1n) is 11.2. The summed E-state index contributed by atoms with van der Waals surface area (Å²) in [4.78, 5) is 32.1. The Bertz CT molecular complexity index is 1540. The predicted octanol–water partition coefficient (Wildman–Crippen LogP) is 2.16. The minimum atomic E-state index is -0.772. The van der Waals surface area contributed by atoms with Gasteiger partial charge in [-0.25, -0.2) is 9.79 Å². The minimum absolute atomic E-state index is 0.0826. The third kappa shape index (κ3) is 4.29. The molecule has 0 saturated carbocycles. The molecule has 0 radical (unpaired) electrons. The highest BCUT2D eigenvalue weighted by Crippen LogP contribution is 2.36. The zero-order valence-corrected chi connectivity index (χ0v) is 20.8. The molecule has 1 aromatic heterocycles. The number of allylic oxidation sites excluding steroid dienone is 1. The van der Waals surface area contributed by atoms with E-state index in [2.05, 4.69) is 4.99 Å². The zero-order chi connectivity index (χ0) is 25.2. The van der Waals surface area contributed by atoms with Gasteiger partial charge in [-0.2, -0.15) is 0 Å². The largest absolute Gasteiger partial charge is 0.496 e. The van der Waals surface area contributed by atoms with Crippen LogP contribution >= 0.6 is 11.3 Å². The van der Waals surface area contributed by atoms with Gasteiger partial charge in [0.05, 0.1) is 29.5 Å². The third-order valence-electron chi connectivity index (χ3n) is 5.89. The van der Waals surface area contributed by atoms with Crippen molar-refractivity contribution in [2.75, 3.05) is 34.2 Å². The second-order valence-corrected chi connectivity index (χ2v) is 9.07. The van der Waals surface area contributed by atoms with Crippen LogP contribution in [0.25, 0.3) is 6.08 Å². The predicted molar refractivity (Wildman–Crippen MR) is 132 cm³/mol. The first-order valence-corrected chi connectivity index (χ1v) is 12.0. The fraction of sp³-hybridized carbons (Fsp3) is 0.269. The van der Waals surface area contributed by atoms with Gasteiger partial charge in [-0.1, -0.05) is 35.6 Å². The molecule has 0 saturated heterocycles. The summed E-state index contributed by atoms with van der Waals surface area (Å²) in [6, 6.07) is 12.0. The molecule has 1 unspecified atom stereocenters. The van der Waals surface area contributed by atoms with Crippen molar-refractivity contribution in [3.63, 3.8) is 0 Å². The maximum Gasteiger partial charge on any atom is 0.338 e. The molecule has 0 N–H and O–H groups in total. The van der Waals surface area contributed by atoms with Crippen LogP contribution in [-0.2, 0) is 14.3 Å². The van der Waals surface area contributed by atoms with Gasteiger partial charge in [0.1, 0.15) is 18.4 Å². The Balaban J connectivity index is 1.67. The van der Waals surface area contributed by atoms with Crippen LogP contribution in [0.2, 0.25) is 0 Å². The molecule has 2 aliphatic heterocycles. The Hall–Kier alpha value is -3.89. The highest BCUT2D eigenvalue weighted by Gasteiger charge is 2.35. The number of thiazole rings is 1. The van der Waals surface area contributed by atoms with Crippen LogP contribution in [-0.4, -0.2) is 44.8 Å². The lowest BCUT2D eigenvalue weighted by Crippen LogP contribution is -2.40. The van der Waals surface area contributed by atoms with Gasteiger partial charge in [-0.3, -0.25) is 9.36 Å². The number of para-hydroxylation sites is 1. The van der Waals surface area contributed by atoms with Gasteiger partial charge >= 0.3 is 5.97 Å². The minimum Gasteiger partial charge on any atom is -0.496 e. The molecule has 0 amide bonds. The molecule has 10 heteroatoms. The van der Waals surface area contributed by atoms with Gasteiger partial charge in [0.15, 0.2) is 16.3 Å². The number of rotatable bonds is 7. The molecule has 0 aliphatic carbocycles. The van der Waals surface area contributed by atoms with E-state index < -0.39 is 12.0 Å². The monoisotopic (exact) mass is 508 g/mol. The van der Waals surface area contributed by atoms with E-state index in [9.17, 15) is 9.59 Å². The number of methoxy groups -OCH3 is 2. The highest BCUT2D eigenvalue weighted by atomic mass is 32.1. The summed E-state index contributed by atoms with van der Waals surface area (Å²) in [5, 5.41) is 0. The van der Waals surface area contributed by atoms with Crippen LogP contribution in [0.3, 0.4) is 0 Å². The number of hydrogen-bond donors (Lipinski definition) is 0. The van der Waals surface area contributed by atoms with Crippen LogP contribution < -0.4 is 29.1 Å². The maximum atomic E-state index is 13.8. The standard InChI is InChI=1S/C26H24N2O7S/c1-15-22(25(30)33-11-10-31-2)23(17-6-4-5-7-18(17)32-3)28-24(29)21(36-26(28)27-15)13-16-8-9-19-20(12-16)35-14-34-19/h4-9,12-13,23H,10-11,14H2,1-3H3. The number of esters is 1. The van der Waals surface area contributed by atoms with Gasteiger partial charge in [0.25, 0.3) is 5.56 Å². The van der Waals surface area contributed by atoms with E-state index in [4.69, 9.17) is 23.7 Å². The van der Waals surface area contributed by atoms with Crippen molar-refractivity contribution in [3.8, 4) is 17.2 Å². The van der Waals surface area contributed by atoms with Crippen LogP contribution in [0.15, 0.2) is 63.5 Å². The van der Waals surface area contributed by atoms with Crippen LogP contribution in [0.5, 0.6) is 17.2 Å². The molecule has 2 aromatic carbocycles. The van der Waals surface area contributed by atoms with Crippen molar-refractivity contribution < 1.29 is 28.5 Å². The lowest BCUT2D eigenvalue weighted by Gasteiger charge is -2.26. The summed E-state index contributed by atoms with van der Waals surface area (Å²) >= 11 is 1.25. The Kier molecular flexibility index (Phi) is 6.62. The van der Waals surface area contributed by atoms with Crippen LogP contribution in [0.4, 0.5) is 0 Å². The van der Waals surface area contributed by atoms with Crippen molar-refractivity contribution in [2.24, 2.45) is 4.99 Å². The van der Waals surface area contributed by atoms with Crippen molar-refractivity contribution in [2.45, 2.75) is 13.0 Å². The zero-order valence-electron chi connectivity index (χ0n) is 20.0. The van der Waals surface area contributed by atoms with Crippen molar-refractivity contribution in [1.82, 2.24) is 4.57 Å². The fourth-order valence-electron chi connectivity index (χ4n) is 4.22. The van der Waals surface area contributed by atoms with E-state index in [-0.39, 0.29) is 31.1 Å². The molecule has 0 bridgehead atoms. The summed E-state index contributed by atoms with van der Waals surface area (Å²) in [5.41, 5.74) is 1.92. The molecule has 9 nitrogen and oxygen atoms in total. The maximum absolute atomic E-state index is 13.8. The number of aromatic nitrogens is 1. The quantitative estimate of drug-likeness (QED) is 0.356. The lowest BCUT2D eigenvalue weighted by molar-refractivity contribution is -0.140. The number of ether oxygens (including phenoxy) is 5. The van der Waals surface area contributed by atoms with E-state index in [1.54, 1.807) is 32.2 Å². The highest BCUT2D eigenvalue weighted by molar-refractivity contribution is 7.07. The Morgan fingerprint density at radius 1 is 1.17 bits per heavy atom. The molecule has 3 aromatic rings. The Labute approximate surface area is 210 Å². The van der Waals surface area contributed by atoms with E-state index in [1.165, 1.54) is 23.0 Å². The average Bonchev–Trinajstić information content (AvgIpc) is 3.47. The lowest BCUT2D eigenvalue weighted by atomic mass is 9.95. The average molecular weight is 509 g/mol. The van der Waals surface area contributed by atoms with Crippen molar-refractivity contribution >= 4 is 23.4 Å². The van der Waals surface area contributed by atoms with Gasteiger partial charge < -0.3 is 23.7 Å². The van der Waals surface area contributed by atoms with E-state index in [1.807, 2.05) is 30.3 Å². The number of nitrogens with zero attached hydrogens (tertiary/aromatic N) is 2. The number of fused-ring (bicyclic) bond motifs is 2. The summed E-state index contributed by atoms with van der Waals surface area (Å²) < 4.78 is 28.9. The van der Waals surface area contributed by atoms with Crippen molar-refractivity contribution in [1.29, 1.82) is 0 Å². The van der Waals surface area contributed by atoms with Gasteiger partial charge in [0.2, 0.25) is 6.79 Å². The van der Waals surface area contributed by atoms with Gasteiger partial charge in [-0.15, -0.1) is 0 Å². The first-order chi connectivity index (χ1) is 17.5. The molecule has 0 spiro atoms. The number of benzene rings is 2. The third-order valence-corrected chi connectivity index (χ3v) is 6.87. The second-order valence-electron chi connectivity index (χ2n) is 8.07. The van der Waals surface area contributed by atoms with E-state index in [0.29, 0.717) is 37.8 Å². The molecule has 0 fully saturated rings. The molecule has 3 heterocycles. The number of hydrogen-bond acceptors (Lipinski definition) is 9. The Morgan fingerprint density at radius 3 is 2.78 bits per heavy atom. The van der Waals surface area contributed by atoms with E-state index >= 15 is 0 Å². The summed E-state index contributed by atoms with van der Waals surface area (Å²) in [6.07, 6.45) is 1.78. The molecule has 5 rings (SSSR count). The molecule has 1 atom stereocenters. The molecule has 2 aliphatic rings. The van der Waals surface area contributed by atoms with Crippen LogP contribution in [0, 0.1) is 0 Å². The van der Waals surface area contributed by atoms with Gasteiger partial charge in [-0.05, 0) is 36.8 Å². The molecular formula is C26H24N2O7S. The number of carbonyl (C=O) groups is 1. The summed E-state index contributed by atoms with van der Waals surface area (Å²) in [6.45, 7) is 2.25. The first kappa shape index (κ1) is 23.8. The normalized spacial score (nSPS) is 16.5. The molecule has 36 heavy (non-hydrogen) atoms. The second kappa shape index (κ2) is 10.00. The fourth-order valence-corrected chi connectivity index (χ4v) is 5.27. The number of carbonyl (C=O) groups excluding carboxylic acids is 1. The SMILES string of the molecule is COCCOC(=O)C1=C(C)N=c2sc(=Cc3ccc4c(c3)OCO4)c(=O)n2C1c1ccccc1OC. The molecule has 186 valence electrons. The summed E-state index contributed by atoms with van der Waals surface area (Å²) in [5.74, 6) is 1.27.